The van der Waals surface area contributed by atoms with Gasteiger partial charge in [-0.3, -0.25) is 86.3 Å². The molecule has 3 aliphatic rings. The van der Waals surface area contributed by atoms with E-state index in [-0.39, 0.29) is 45.3 Å². The van der Waals surface area contributed by atoms with E-state index >= 15 is 0 Å². The molecule has 0 saturated carbocycles. The van der Waals surface area contributed by atoms with Gasteiger partial charge >= 0.3 is 0 Å². The molecule has 0 bridgehead atoms. The highest BCUT2D eigenvalue weighted by molar-refractivity contribution is 6.04. The van der Waals surface area contributed by atoms with Gasteiger partial charge < -0.3 is 121 Å². The summed E-state index contributed by atoms with van der Waals surface area (Å²) in [6.07, 6.45) is -3.53. The van der Waals surface area contributed by atoms with Gasteiger partial charge in [0, 0.05) is 75.8 Å². The molecule has 720 valence electrons. The molecular formula is C89H137N19O22. The Hall–Kier alpha value is -11.7. The Labute approximate surface area is 757 Å². The van der Waals surface area contributed by atoms with Crippen molar-refractivity contribution in [1.29, 1.82) is 0 Å². The van der Waals surface area contributed by atoms with Crippen LogP contribution in [0.25, 0.3) is 10.9 Å². The molecule has 3 aliphatic heterocycles. The van der Waals surface area contributed by atoms with Crippen LogP contribution < -0.4 is 80.6 Å². The molecule has 17 atom stereocenters. The molecule has 0 spiro atoms. The van der Waals surface area contributed by atoms with Crippen LogP contribution in [0.2, 0.25) is 0 Å². The number of para-hydroxylation sites is 1. The van der Waals surface area contributed by atoms with E-state index in [1.165, 1.54) is 74.1 Å². The summed E-state index contributed by atoms with van der Waals surface area (Å²) in [6, 6.07) is 1.46. The van der Waals surface area contributed by atoms with E-state index in [1.54, 1.807) is 54.7 Å². The average Bonchev–Trinajstić information content (AvgIpc) is 1.62. The molecule has 0 aliphatic carbocycles. The van der Waals surface area contributed by atoms with Gasteiger partial charge in [0.15, 0.2) is 0 Å². The number of nitrogens with two attached hydrogens (primary N) is 2. The van der Waals surface area contributed by atoms with Crippen molar-refractivity contribution >= 4 is 117 Å². The molecule has 41 nitrogen and oxygen atoms in total. The number of H-pyrrole nitrogens is 1. The maximum absolute atomic E-state index is 14.7. The lowest BCUT2D eigenvalue weighted by Gasteiger charge is -2.37. The first-order valence-electron chi connectivity index (χ1n) is 44.3. The van der Waals surface area contributed by atoms with Gasteiger partial charge in [-0.25, -0.2) is 0 Å². The van der Waals surface area contributed by atoms with Crippen LogP contribution in [0, 0.1) is 17.8 Å². The van der Waals surface area contributed by atoms with E-state index in [9.17, 15) is 107 Å². The van der Waals surface area contributed by atoms with Crippen molar-refractivity contribution in [3.63, 3.8) is 0 Å². The number of rotatable bonds is 46. The van der Waals surface area contributed by atoms with Crippen molar-refractivity contribution in [2.75, 3.05) is 26.2 Å². The number of benzene rings is 2. The van der Waals surface area contributed by atoms with Crippen molar-refractivity contribution < 1.29 is 107 Å². The topological polar surface area (TPSA) is 622 Å². The maximum atomic E-state index is 14.7. The first kappa shape index (κ1) is 107. The highest BCUT2D eigenvalue weighted by atomic mass is 16.3. The minimum atomic E-state index is -1.98. The van der Waals surface area contributed by atoms with E-state index < -0.39 is 275 Å². The third-order valence-electron chi connectivity index (χ3n) is 24.2. The molecule has 18 amide bonds. The number of carbonyl (C=O) groups is 18. The van der Waals surface area contributed by atoms with E-state index in [0.717, 1.165) is 33.2 Å². The maximum Gasteiger partial charge on any atom is 0.248 e. The van der Waals surface area contributed by atoms with E-state index in [0.29, 0.717) is 31.2 Å². The number of carbonyl (C=O) groups excluding carboxylic acids is 18. The Morgan fingerprint density at radius 2 is 0.938 bits per heavy atom. The molecule has 130 heavy (non-hydrogen) atoms. The predicted octanol–water partition coefficient (Wildman–Crippen LogP) is -2.72. The summed E-state index contributed by atoms with van der Waals surface area (Å²) in [6.45, 7) is 24.5. The lowest BCUT2D eigenvalue weighted by Crippen LogP contribution is -2.67. The minimum absolute atomic E-state index is 0.0320. The molecule has 2 aromatic carbocycles. The number of aromatic amines is 1. The summed E-state index contributed by atoms with van der Waals surface area (Å²) in [7, 11) is 0. The van der Waals surface area contributed by atoms with Gasteiger partial charge in [-0.15, -0.1) is 0 Å². The lowest BCUT2D eigenvalue weighted by molar-refractivity contribution is -0.148. The Balaban J connectivity index is 1.08. The summed E-state index contributed by atoms with van der Waals surface area (Å²) >= 11 is 0. The van der Waals surface area contributed by atoms with Crippen LogP contribution in [0.5, 0.6) is 0 Å². The summed E-state index contributed by atoms with van der Waals surface area (Å²) in [5.41, 5.74) is 3.96. The predicted molar refractivity (Wildman–Crippen MR) is 475 cm³/mol. The molecule has 4 heterocycles. The fraction of sp³-hybridized carbons (Fsp3) is 0.640. The fourth-order valence-electron chi connectivity index (χ4n) is 15.8. The Kier molecular flexibility index (Phi) is 38.0. The SMILES string of the molecule is CCC(C)C(NC(=O)C(Cc1c[nH]c2ccccc12)NC(C)=O)C(=O)NC(CCC(N)=O)C(=O)NC(C)(CC)C(=O)NC(C(=O)NC(C(=O)NC(C)(C)C(=O)NC(C(=O)NC(C)(C)C(=O)N1CC(O)CC1C(=O)NC(CCC(N)=O)C(=O)NC(C)(C)C(=O)N1CC(O)CC1C(=O)NC(C)(C)C(=O)N1CCCC1C(=O)NC(CO)Cc1ccccc1)C(C)C)C(C)O)C(C)CC. The number of nitrogens with one attached hydrogen (secondary N) is 14. The molecule has 22 N–H and O–H groups in total. The Morgan fingerprint density at radius 1 is 0.477 bits per heavy atom. The van der Waals surface area contributed by atoms with Gasteiger partial charge in [0.1, 0.15) is 88.1 Å². The summed E-state index contributed by atoms with van der Waals surface area (Å²) < 4.78 is 0. The van der Waals surface area contributed by atoms with Crippen molar-refractivity contribution in [3.8, 4) is 0 Å². The highest BCUT2D eigenvalue weighted by Gasteiger charge is 2.52. The number of primary amides is 2. The third-order valence-corrected chi connectivity index (χ3v) is 24.2. The second-order valence-electron chi connectivity index (χ2n) is 37.2. The Bertz CT molecular complexity index is 4610. The summed E-state index contributed by atoms with van der Waals surface area (Å²) in [5.74, 6) is -17.7. The number of fused-ring (bicyclic) bond motifs is 1. The number of hydrogen-bond donors (Lipinski definition) is 20. The molecule has 3 fully saturated rings. The largest absolute Gasteiger partial charge is 0.394 e. The number of β-amino-alcohol motifs (C(OH)–C–C–N with tert-alkyl or cyclic N) is 2. The van der Waals surface area contributed by atoms with E-state index in [4.69, 9.17) is 11.5 Å². The van der Waals surface area contributed by atoms with Crippen LogP contribution in [-0.2, 0) is 99.1 Å². The minimum Gasteiger partial charge on any atom is -0.394 e. The molecule has 3 aromatic rings. The van der Waals surface area contributed by atoms with E-state index in [1.807, 2.05) is 54.6 Å². The van der Waals surface area contributed by atoms with Crippen LogP contribution >= 0.6 is 0 Å². The van der Waals surface area contributed by atoms with Gasteiger partial charge in [-0.1, -0.05) is 110 Å². The lowest BCUT2D eigenvalue weighted by atomic mass is 9.92. The van der Waals surface area contributed by atoms with E-state index in [2.05, 4.69) is 74.1 Å². The number of nitrogens with zero attached hydrogens (tertiary/aromatic N) is 3. The number of aliphatic hydroxyl groups excluding tert-OH is 4. The van der Waals surface area contributed by atoms with Crippen LogP contribution in [0.1, 0.15) is 206 Å². The molecule has 41 heteroatoms. The standard InChI is InChI=1S/C89H137N19O22/c1-19-47(6)67(97-70(116)60(93-50(9)111)39-52-42-92-57-31-26-25-30-56(52)57)76(122)96-59(34-36-65(91)115)72(118)105-89(18,21-3)81(127)100-68(48(7)20-2)77(123)98-69(49(8)110)79(125)103-85(10,11)80(126)99-66(46(4)5)78(124)104-88(16,17)84(130)107-43-54(112)40-62(107)74(120)95-58(33-35-64(90)114)71(117)101-87(14,15)83(129)108-44-55(113)41-63(108)75(121)102-86(12,13)82(128)106-37-27-32-61(106)73(119)94-53(45-109)38-51-28-23-22-24-29-51/h22-26,28-31,42,46-49,53-55,58-63,66-69,92,109-110,112-113H,19-21,27,32-41,43-45H2,1-18H3,(H2,90,114)(H2,91,115)(H,93,111)(H,94,119)(H,95,120)(H,96,122)(H,97,116)(H,98,123)(H,99,126)(H,100,127)(H,101,117)(H,102,121)(H,103,125)(H,104,124)(H,105,118). The van der Waals surface area contributed by atoms with Crippen molar-refractivity contribution in [1.82, 2.24) is 88.8 Å². The normalized spacial score (nSPS) is 19.5. The number of hydrogen-bond acceptors (Lipinski definition) is 22. The van der Waals surface area contributed by atoms with Gasteiger partial charge in [-0.05, 0) is 143 Å². The molecule has 0 radical (unpaired) electrons. The zero-order chi connectivity index (χ0) is 97.7. The quantitative estimate of drug-likeness (QED) is 0.0273. The second-order valence-corrected chi connectivity index (χ2v) is 37.2. The monoisotopic (exact) mass is 1820 g/mol. The van der Waals surface area contributed by atoms with Crippen molar-refractivity contribution in [2.45, 2.75) is 321 Å². The van der Waals surface area contributed by atoms with Gasteiger partial charge in [-0.2, -0.15) is 0 Å². The first-order chi connectivity index (χ1) is 60.6. The zero-order valence-corrected chi connectivity index (χ0v) is 77.7. The molecule has 6 rings (SSSR count). The van der Waals surface area contributed by atoms with Crippen LogP contribution in [0.3, 0.4) is 0 Å². The van der Waals surface area contributed by atoms with Crippen molar-refractivity contribution in [2.24, 2.45) is 29.2 Å². The third kappa shape index (κ3) is 28.6. The smallest absolute Gasteiger partial charge is 0.248 e. The summed E-state index contributed by atoms with van der Waals surface area (Å²) in [4.78, 5) is 259. The molecular weight excluding hydrogens is 1690 g/mol. The van der Waals surface area contributed by atoms with Gasteiger partial charge in [0.25, 0.3) is 0 Å². The zero-order valence-electron chi connectivity index (χ0n) is 77.7. The molecule has 1 aromatic heterocycles. The second kappa shape index (κ2) is 46.2. The Morgan fingerprint density at radius 3 is 1.46 bits per heavy atom. The summed E-state index contributed by atoms with van der Waals surface area (Å²) in [5, 5.41) is 78.2. The van der Waals surface area contributed by atoms with Crippen LogP contribution in [-0.4, -0.2) is 285 Å². The van der Waals surface area contributed by atoms with Gasteiger partial charge in [0.05, 0.1) is 31.0 Å². The molecule has 3 saturated heterocycles. The molecule has 17 unspecified atom stereocenters. The van der Waals surface area contributed by atoms with Crippen molar-refractivity contribution in [3.05, 3.63) is 71.9 Å². The number of amides is 18. The fourth-order valence-corrected chi connectivity index (χ4v) is 15.8. The number of likely N-dealkylation sites (tertiary alicyclic amines) is 3. The first-order valence-corrected chi connectivity index (χ1v) is 44.3. The van der Waals surface area contributed by atoms with Crippen LogP contribution in [0.15, 0.2) is 60.8 Å². The number of aliphatic hydroxyl groups is 4. The highest BCUT2D eigenvalue weighted by Crippen LogP contribution is 2.30. The number of aromatic nitrogens is 1. The average molecular weight is 1830 g/mol. The van der Waals surface area contributed by atoms with Gasteiger partial charge in [0.2, 0.25) is 106 Å². The van der Waals surface area contributed by atoms with Crippen LogP contribution in [0.4, 0.5) is 0 Å².